The van der Waals surface area contributed by atoms with Gasteiger partial charge in [0.05, 0.1) is 5.69 Å². The van der Waals surface area contributed by atoms with Crippen LogP contribution in [-0.2, 0) is 11.4 Å². The second kappa shape index (κ2) is 2.43. The molecule has 6 heteroatoms. The van der Waals surface area contributed by atoms with Gasteiger partial charge in [0.25, 0.3) is 0 Å². The van der Waals surface area contributed by atoms with Crippen LogP contribution >= 0.6 is 0 Å². The number of rotatable bonds is 0. The van der Waals surface area contributed by atoms with Crippen LogP contribution in [0.25, 0.3) is 5.52 Å². The molecule has 0 amide bonds. The Labute approximate surface area is 79.8 Å². The number of aryl methyl sites for hydroxylation is 1. The average molecular weight is 191 g/mol. The zero-order valence-corrected chi connectivity index (χ0v) is 7.64. The van der Waals surface area contributed by atoms with Gasteiger partial charge in [-0.15, -0.1) is 0 Å². The van der Waals surface area contributed by atoms with Crippen LogP contribution in [0.5, 0.6) is 0 Å². The van der Waals surface area contributed by atoms with E-state index in [-0.39, 0.29) is 0 Å². The number of nitrogens with two attached hydrogens (primary N) is 1. The van der Waals surface area contributed by atoms with Crippen molar-refractivity contribution < 1.29 is 4.84 Å². The molecule has 0 radical (unpaired) electrons. The molecule has 3 rings (SSSR count). The van der Waals surface area contributed by atoms with Crippen molar-refractivity contribution in [3.8, 4) is 0 Å². The van der Waals surface area contributed by atoms with E-state index in [0.29, 0.717) is 6.61 Å². The quantitative estimate of drug-likeness (QED) is 0.601. The molecule has 6 nitrogen and oxygen atoms in total. The molecule has 0 aromatic carbocycles. The van der Waals surface area contributed by atoms with Crippen LogP contribution in [-0.4, -0.2) is 14.6 Å². The van der Waals surface area contributed by atoms with Crippen molar-refractivity contribution in [3.63, 3.8) is 0 Å². The van der Waals surface area contributed by atoms with Gasteiger partial charge in [0.15, 0.2) is 0 Å². The van der Waals surface area contributed by atoms with Crippen LogP contribution in [0, 0.1) is 6.92 Å². The Hall–Kier alpha value is -1.66. The molecule has 0 saturated heterocycles. The van der Waals surface area contributed by atoms with Gasteiger partial charge in [0, 0.05) is 5.69 Å². The third-order valence-electron chi connectivity index (χ3n) is 2.37. The molecule has 0 spiro atoms. The van der Waals surface area contributed by atoms with Crippen LogP contribution < -0.4 is 11.0 Å². The van der Waals surface area contributed by atoms with E-state index in [9.17, 15) is 0 Å². The topological polar surface area (TPSA) is 68.7 Å². The molecule has 0 unspecified atom stereocenters. The molecule has 1 aliphatic heterocycles. The van der Waals surface area contributed by atoms with Crippen LogP contribution in [0.3, 0.4) is 0 Å². The molecule has 2 N–H and O–H groups in total. The highest BCUT2D eigenvalue weighted by Gasteiger charge is 2.21. The Morgan fingerprint density at radius 3 is 3.29 bits per heavy atom. The monoisotopic (exact) mass is 191 g/mol. The predicted molar refractivity (Wildman–Crippen MR) is 49.2 cm³/mol. The lowest BCUT2D eigenvalue weighted by molar-refractivity contribution is 0.0885. The molecule has 1 aliphatic rings. The first-order chi connectivity index (χ1) is 6.77. The van der Waals surface area contributed by atoms with E-state index in [2.05, 4.69) is 10.1 Å². The number of anilines is 1. The number of hydrogen-bond acceptors (Lipinski definition) is 5. The van der Waals surface area contributed by atoms with Crippen LogP contribution in [0.1, 0.15) is 11.4 Å². The standard InChI is InChI=1S/C8H9N5O/c1-5-2-7-8-6(3-14-13(7)9)10-4-11-12(5)8/h2,4H,3,9H2,1H3. The highest BCUT2D eigenvalue weighted by molar-refractivity contribution is 5.76. The zero-order chi connectivity index (χ0) is 9.71. The first kappa shape index (κ1) is 7.72. The maximum Gasteiger partial charge on any atom is 0.136 e. The zero-order valence-electron chi connectivity index (χ0n) is 7.64. The summed E-state index contributed by atoms with van der Waals surface area (Å²) in [6, 6.07) is 1.92. The Balaban J connectivity index is 2.47. The SMILES string of the molecule is Cc1cc2c3c(ncnn13)CON2N. The molecule has 0 aliphatic carbocycles. The average Bonchev–Trinajstić information content (AvgIpc) is 2.53. The number of hydrazine groups is 1. The third-order valence-corrected chi connectivity index (χ3v) is 2.37. The van der Waals surface area contributed by atoms with Gasteiger partial charge in [-0.05, 0) is 13.0 Å². The number of hydrogen-bond donors (Lipinski definition) is 1. The summed E-state index contributed by atoms with van der Waals surface area (Å²) < 4.78 is 1.82. The van der Waals surface area contributed by atoms with Crippen LogP contribution in [0.4, 0.5) is 5.69 Å². The molecule has 72 valence electrons. The van der Waals surface area contributed by atoms with Gasteiger partial charge in [0.2, 0.25) is 0 Å². The lowest BCUT2D eigenvalue weighted by Crippen LogP contribution is -2.33. The molecule has 0 fully saturated rings. The van der Waals surface area contributed by atoms with E-state index < -0.39 is 0 Å². The number of nitrogens with zero attached hydrogens (tertiary/aromatic N) is 4. The van der Waals surface area contributed by atoms with E-state index in [1.165, 1.54) is 11.5 Å². The van der Waals surface area contributed by atoms with Crippen LogP contribution in [0.2, 0.25) is 0 Å². The van der Waals surface area contributed by atoms with E-state index in [1.807, 2.05) is 17.5 Å². The predicted octanol–water partition coefficient (Wildman–Crippen LogP) is 0.163. The lowest BCUT2D eigenvalue weighted by Gasteiger charge is -2.21. The summed E-state index contributed by atoms with van der Waals surface area (Å²) in [6.45, 7) is 2.35. The Bertz CT molecular complexity index is 506. The van der Waals surface area contributed by atoms with Gasteiger partial charge in [-0.25, -0.2) is 15.3 Å². The molecule has 14 heavy (non-hydrogen) atoms. The smallest absolute Gasteiger partial charge is 0.136 e. The summed E-state index contributed by atoms with van der Waals surface area (Å²) in [5, 5.41) is 5.41. The molecule has 0 atom stereocenters. The molecular formula is C8H9N5O. The highest BCUT2D eigenvalue weighted by Crippen LogP contribution is 2.29. The maximum atomic E-state index is 5.66. The van der Waals surface area contributed by atoms with E-state index in [1.54, 1.807) is 0 Å². The summed E-state index contributed by atoms with van der Waals surface area (Å²) in [5.74, 6) is 5.66. The van der Waals surface area contributed by atoms with Gasteiger partial charge < -0.3 is 0 Å². The van der Waals surface area contributed by atoms with Gasteiger partial charge in [-0.3, -0.25) is 4.84 Å². The van der Waals surface area contributed by atoms with Crippen molar-refractivity contribution in [2.24, 2.45) is 5.84 Å². The fourth-order valence-corrected chi connectivity index (χ4v) is 1.71. The minimum absolute atomic E-state index is 0.388. The summed E-state index contributed by atoms with van der Waals surface area (Å²) in [5.41, 5.74) is 3.62. The molecule has 3 heterocycles. The fourth-order valence-electron chi connectivity index (χ4n) is 1.71. The molecule has 0 bridgehead atoms. The van der Waals surface area contributed by atoms with Crippen molar-refractivity contribution in [1.82, 2.24) is 14.6 Å². The lowest BCUT2D eigenvalue weighted by atomic mass is 10.3. The second-order valence-corrected chi connectivity index (χ2v) is 3.24. The van der Waals surface area contributed by atoms with Crippen molar-refractivity contribution >= 4 is 11.2 Å². The summed E-state index contributed by atoms with van der Waals surface area (Å²) >= 11 is 0. The Kier molecular flexibility index (Phi) is 1.34. The second-order valence-electron chi connectivity index (χ2n) is 3.24. The van der Waals surface area contributed by atoms with Crippen molar-refractivity contribution in [2.45, 2.75) is 13.5 Å². The van der Waals surface area contributed by atoms with Gasteiger partial charge in [-0.1, -0.05) is 0 Å². The molecule has 2 aromatic rings. The summed E-state index contributed by atoms with van der Waals surface area (Å²) in [6.07, 6.45) is 1.52. The maximum absolute atomic E-state index is 5.66. The van der Waals surface area contributed by atoms with Crippen molar-refractivity contribution in [3.05, 3.63) is 23.8 Å². The minimum Gasteiger partial charge on any atom is -0.251 e. The van der Waals surface area contributed by atoms with Gasteiger partial charge in [-0.2, -0.15) is 10.3 Å². The van der Waals surface area contributed by atoms with Crippen LogP contribution in [0.15, 0.2) is 12.4 Å². The Morgan fingerprint density at radius 1 is 1.57 bits per heavy atom. The van der Waals surface area contributed by atoms with Gasteiger partial charge in [0.1, 0.15) is 24.1 Å². The summed E-state index contributed by atoms with van der Waals surface area (Å²) in [7, 11) is 0. The number of aromatic nitrogens is 3. The van der Waals surface area contributed by atoms with Gasteiger partial charge >= 0.3 is 0 Å². The Morgan fingerprint density at radius 2 is 2.43 bits per heavy atom. The first-order valence-electron chi connectivity index (χ1n) is 4.27. The fraction of sp³-hybridized carbons (Fsp3) is 0.250. The largest absolute Gasteiger partial charge is 0.251 e. The highest BCUT2D eigenvalue weighted by atomic mass is 16.7. The molecule has 0 saturated carbocycles. The van der Waals surface area contributed by atoms with Crippen molar-refractivity contribution in [2.75, 3.05) is 5.17 Å². The normalized spacial score (nSPS) is 15.1. The van der Waals surface area contributed by atoms with Crippen molar-refractivity contribution in [1.29, 1.82) is 0 Å². The van der Waals surface area contributed by atoms with E-state index in [4.69, 9.17) is 10.7 Å². The molecular weight excluding hydrogens is 182 g/mol. The first-order valence-corrected chi connectivity index (χ1v) is 4.27. The molecule has 2 aromatic heterocycles. The minimum atomic E-state index is 0.388. The van der Waals surface area contributed by atoms with E-state index >= 15 is 0 Å². The van der Waals surface area contributed by atoms with E-state index in [0.717, 1.165) is 22.6 Å². The third kappa shape index (κ3) is 0.811. The summed E-state index contributed by atoms with van der Waals surface area (Å²) in [4.78, 5) is 9.36.